The first-order chi connectivity index (χ1) is 15.5. The van der Waals surface area contributed by atoms with Crippen LogP contribution in [0.4, 0.5) is 64.1 Å². The highest BCUT2D eigenvalue weighted by molar-refractivity contribution is 5.55. The van der Waals surface area contributed by atoms with Crippen molar-refractivity contribution in [3.05, 3.63) is 43.5 Å². The van der Waals surface area contributed by atoms with E-state index in [-0.39, 0.29) is 12.5 Å². The lowest BCUT2D eigenvalue weighted by molar-refractivity contribution is -0.413. The summed E-state index contributed by atoms with van der Waals surface area (Å²) in [5, 5.41) is 22.2. The molecule has 0 fully saturated rings. The highest BCUT2D eigenvalue weighted by atomic mass is 19.4. The van der Waals surface area contributed by atoms with Crippen molar-refractivity contribution in [3.63, 3.8) is 0 Å². The Morgan fingerprint density at radius 2 is 1.31 bits per heavy atom. The number of benzene rings is 1. The second-order valence-electron chi connectivity index (χ2n) is 7.38. The zero-order valence-electron chi connectivity index (χ0n) is 17.3. The van der Waals surface area contributed by atoms with Crippen LogP contribution in [0.15, 0.2) is 12.1 Å². The van der Waals surface area contributed by atoms with E-state index in [1.54, 1.807) is 0 Å². The molecular formula is C17H14F12N2O4. The second kappa shape index (κ2) is 9.33. The van der Waals surface area contributed by atoms with Gasteiger partial charge >= 0.3 is 36.0 Å². The lowest BCUT2D eigenvalue weighted by Crippen LogP contribution is -2.69. The van der Waals surface area contributed by atoms with Crippen LogP contribution in [0.3, 0.4) is 0 Å². The molecule has 0 N–H and O–H groups in total. The largest absolute Gasteiger partial charge is 0.384 e. The van der Waals surface area contributed by atoms with E-state index < -0.39 is 80.7 Å². The van der Waals surface area contributed by atoms with E-state index in [0.717, 1.165) is 6.92 Å². The van der Waals surface area contributed by atoms with Gasteiger partial charge in [-0.05, 0) is 17.9 Å². The van der Waals surface area contributed by atoms with Crippen LogP contribution in [0.1, 0.15) is 37.3 Å². The minimum Gasteiger partial charge on any atom is -0.258 e. The maximum atomic E-state index is 14.4. The number of nitro benzene ring substituents is 2. The number of hydrogen-bond donors (Lipinski definition) is 0. The second-order valence-corrected chi connectivity index (χ2v) is 7.38. The fraction of sp³-hybridized carbons (Fsp3) is 0.647. The van der Waals surface area contributed by atoms with Gasteiger partial charge in [-0.3, -0.25) is 20.2 Å². The topological polar surface area (TPSA) is 86.3 Å². The highest BCUT2D eigenvalue weighted by Gasteiger charge is 2.87. The predicted molar refractivity (Wildman–Crippen MR) is 92.9 cm³/mol. The number of nitrogens with zero attached hydrogens (tertiary/aromatic N) is 2. The predicted octanol–water partition coefficient (Wildman–Crippen LogP) is 7.00. The van der Waals surface area contributed by atoms with E-state index in [1.807, 2.05) is 0 Å². The first-order valence-corrected chi connectivity index (χ1v) is 9.14. The van der Waals surface area contributed by atoms with Crippen LogP contribution in [0.2, 0.25) is 0 Å². The van der Waals surface area contributed by atoms with E-state index in [0.29, 0.717) is 6.07 Å². The molecule has 1 aromatic rings. The normalized spacial score (nSPS) is 14.8. The number of nitro groups is 2. The fourth-order valence-corrected chi connectivity index (χ4v) is 2.89. The molecule has 0 aliphatic rings. The number of hydrogen-bond acceptors (Lipinski definition) is 4. The molecule has 6 nitrogen and oxygen atoms in total. The summed E-state index contributed by atoms with van der Waals surface area (Å²) in [6.07, 6.45) is -8.66. The summed E-state index contributed by atoms with van der Waals surface area (Å²) in [7, 11) is 0. The smallest absolute Gasteiger partial charge is 0.258 e. The summed E-state index contributed by atoms with van der Waals surface area (Å²) in [6, 6.07) is 0.426. The molecular weight excluding hydrogens is 524 g/mol. The van der Waals surface area contributed by atoms with Gasteiger partial charge < -0.3 is 0 Å². The molecule has 1 atom stereocenters. The third kappa shape index (κ3) is 4.82. The van der Waals surface area contributed by atoms with Gasteiger partial charge in [0, 0.05) is 11.6 Å². The van der Waals surface area contributed by atoms with Crippen LogP contribution >= 0.6 is 0 Å². The molecule has 0 aliphatic carbocycles. The monoisotopic (exact) mass is 538 g/mol. The molecule has 18 heteroatoms. The molecule has 35 heavy (non-hydrogen) atoms. The highest BCUT2D eigenvalue weighted by Crippen LogP contribution is 2.59. The number of halogens is 12. The number of alkyl halides is 12. The molecule has 0 bridgehead atoms. The molecule has 0 heterocycles. The molecule has 1 aromatic carbocycles. The average Bonchev–Trinajstić information content (AvgIpc) is 2.71. The summed E-state index contributed by atoms with van der Waals surface area (Å²) in [6.45, 7) is 2.40. The van der Waals surface area contributed by atoms with Gasteiger partial charge in [-0.1, -0.05) is 13.8 Å². The fourth-order valence-electron chi connectivity index (χ4n) is 2.89. The zero-order chi connectivity index (χ0) is 27.9. The van der Waals surface area contributed by atoms with Crippen LogP contribution in [0.25, 0.3) is 0 Å². The molecule has 1 rings (SSSR count). The minimum absolute atomic E-state index is 0.00707. The van der Waals surface area contributed by atoms with Crippen molar-refractivity contribution in [3.8, 4) is 0 Å². The molecule has 200 valence electrons. The van der Waals surface area contributed by atoms with Crippen molar-refractivity contribution >= 4 is 11.4 Å². The van der Waals surface area contributed by atoms with Gasteiger partial charge in [-0.25, -0.2) is 8.78 Å². The molecule has 0 saturated heterocycles. The quantitative estimate of drug-likeness (QED) is 0.173. The van der Waals surface area contributed by atoms with Gasteiger partial charge in [0.2, 0.25) is 0 Å². The van der Waals surface area contributed by atoms with Gasteiger partial charge in [-0.15, -0.1) is 0 Å². The summed E-state index contributed by atoms with van der Waals surface area (Å²) >= 11 is 0. The van der Waals surface area contributed by atoms with Crippen molar-refractivity contribution in [2.24, 2.45) is 0 Å². The Kier molecular flexibility index (Phi) is 8.05. The zero-order valence-corrected chi connectivity index (χ0v) is 17.3. The molecule has 0 saturated carbocycles. The number of non-ortho nitro benzene ring substituents is 1. The summed E-state index contributed by atoms with van der Waals surface area (Å²) in [5.74, 6) is -37.8. The first-order valence-electron chi connectivity index (χ1n) is 9.14. The Balaban J connectivity index is 3.81. The molecule has 0 radical (unpaired) electrons. The van der Waals surface area contributed by atoms with Gasteiger partial charge in [0.25, 0.3) is 11.4 Å². The Labute approximate surface area is 187 Å². The van der Waals surface area contributed by atoms with Crippen LogP contribution in [-0.4, -0.2) is 45.9 Å². The molecule has 0 aliphatic heterocycles. The summed E-state index contributed by atoms with van der Waals surface area (Å²) < 4.78 is 162. The molecule has 0 aromatic heterocycles. The third-order valence-corrected chi connectivity index (χ3v) is 5.14. The van der Waals surface area contributed by atoms with Crippen molar-refractivity contribution in [2.45, 2.75) is 68.6 Å². The van der Waals surface area contributed by atoms with E-state index in [2.05, 4.69) is 0 Å². The summed E-state index contributed by atoms with van der Waals surface area (Å²) in [5.41, 5.74) is -5.06. The van der Waals surface area contributed by atoms with E-state index in [4.69, 9.17) is 0 Å². The van der Waals surface area contributed by atoms with E-state index >= 15 is 0 Å². The molecule has 0 spiro atoms. The van der Waals surface area contributed by atoms with Gasteiger partial charge in [0.05, 0.1) is 22.3 Å². The Morgan fingerprint density at radius 1 is 0.829 bits per heavy atom. The maximum absolute atomic E-state index is 14.4. The van der Waals surface area contributed by atoms with Crippen molar-refractivity contribution in [1.29, 1.82) is 0 Å². The lowest BCUT2D eigenvalue weighted by Gasteiger charge is -2.39. The Bertz CT molecular complexity index is 984. The van der Waals surface area contributed by atoms with Gasteiger partial charge in [-0.2, -0.15) is 43.9 Å². The SMILES string of the molecule is CCC(C)c1cc([N+](=O)[O-])cc([N+](=O)[O-])c1CC(F)(F)C(F)(F)C(F)(F)C(F)(F)C(F)(F)C(F)F. The van der Waals surface area contributed by atoms with Crippen LogP contribution in [0, 0.1) is 20.2 Å². The third-order valence-electron chi connectivity index (χ3n) is 5.14. The van der Waals surface area contributed by atoms with Crippen molar-refractivity contribution < 1.29 is 62.5 Å². The number of rotatable bonds is 11. The Hall–Kier alpha value is -2.82. The Morgan fingerprint density at radius 3 is 1.69 bits per heavy atom. The van der Waals surface area contributed by atoms with Crippen molar-refractivity contribution in [1.82, 2.24) is 0 Å². The first kappa shape index (κ1) is 30.2. The van der Waals surface area contributed by atoms with Crippen LogP contribution in [-0.2, 0) is 6.42 Å². The van der Waals surface area contributed by atoms with E-state index in [1.165, 1.54) is 6.92 Å². The molecule has 0 amide bonds. The van der Waals surface area contributed by atoms with Crippen LogP contribution < -0.4 is 0 Å². The standard InChI is InChI=1S/C17H14F12N2O4/c1-3-7(2)9-4-8(30(32)33)5-11(31(34)35)10(9)6-13(20,21)15(24,25)17(28,29)16(26,27)14(22,23)12(18)19/h4-5,7,12H,3,6H2,1-2H3. The lowest BCUT2D eigenvalue weighted by atomic mass is 9.85. The van der Waals surface area contributed by atoms with Gasteiger partial charge in [0.15, 0.2) is 0 Å². The minimum atomic E-state index is -7.80. The van der Waals surface area contributed by atoms with Crippen LogP contribution in [0.5, 0.6) is 0 Å². The van der Waals surface area contributed by atoms with E-state index in [9.17, 15) is 72.9 Å². The molecule has 1 unspecified atom stereocenters. The average molecular weight is 538 g/mol. The van der Waals surface area contributed by atoms with Gasteiger partial charge in [0.1, 0.15) is 0 Å². The maximum Gasteiger partial charge on any atom is 0.384 e. The van der Waals surface area contributed by atoms with Crippen molar-refractivity contribution in [2.75, 3.05) is 0 Å². The summed E-state index contributed by atoms with van der Waals surface area (Å²) in [4.78, 5) is 19.4.